The predicted molar refractivity (Wildman–Crippen MR) is 115 cm³/mol. The number of hydrogen-bond acceptors (Lipinski definition) is 6. The van der Waals surface area contributed by atoms with Gasteiger partial charge in [0.05, 0.1) is 12.3 Å². The molecule has 0 aromatic carbocycles. The molecule has 7 nitrogen and oxygen atoms in total. The molecule has 1 heterocycles. The Labute approximate surface area is 184 Å². The number of hydrogen-bond donors (Lipinski definition) is 1. The number of nitrogens with zero attached hydrogens (tertiary/aromatic N) is 3. The zero-order valence-corrected chi connectivity index (χ0v) is 19.1. The minimum absolute atomic E-state index is 0.0333. The summed E-state index contributed by atoms with van der Waals surface area (Å²) < 4.78 is 7.59. The maximum atomic E-state index is 13.3. The van der Waals surface area contributed by atoms with Gasteiger partial charge in [-0.1, -0.05) is 39.0 Å². The maximum absolute atomic E-state index is 13.3. The summed E-state index contributed by atoms with van der Waals surface area (Å²) in [6, 6.07) is 0. The average Bonchev–Trinajstić information content (AvgIpc) is 3.37. The fourth-order valence-electron chi connectivity index (χ4n) is 7.15. The van der Waals surface area contributed by atoms with Crippen LogP contribution in [-0.4, -0.2) is 44.1 Å². The Morgan fingerprint density at radius 1 is 1.39 bits per heavy atom. The Balaban J connectivity index is 1.79. The monoisotopic (exact) mass is 429 g/mol. The van der Waals surface area contributed by atoms with Crippen molar-refractivity contribution in [3.8, 4) is 0 Å². The van der Waals surface area contributed by atoms with Gasteiger partial charge < -0.3 is 9.84 Å². The molecule has 4 rings (SSSR count). The molecule has 2 bridgehead atoms. The molecule has 0 radical (unpaired) electrons. The molecule has 0 saturated heterocycles. The fourth-order valence-corrected chi connectivity index (χ4v) is 7.15. The zero-order valence-electron chi connectivity index (χ0n) is 19.1. The summed E-state index contributed by atoms with van der Waals surface area (Å²) in [6.45, 7) is 12.4. The minimum atomic E-state index is -0.659. The molecular weight excluding hydrogens is 394 g/mol. The van der Waals surface area contributed by atoms with Gasteiger partial charge in [0.25, 0.3) is 0 Å². The van der Waals surface area contributed by atoms with Crippen molar-refractivity contribution in [3.63, 3.8) is 0 Å². The first-order valence-corrected chi connectivity index (χ1v) is 11.5. The normalized spacial score (nSPS) is 44.8. The Kier molecular flexibility index (Phi) is 5.39. The van der Waals surface area contributed by atoms with E-state index in [1.807, 2.05) is 13.0 Å². The second-order valence-electron chi connectivity index (χ2n) is 10.7. The summed E-state index contributed by atoms with van der Waals surface area (Å²) in [4.78, 5) is 26.3. The van der Waals surface area contributed by atoms with E-state index in [9.17, 15) is 14.7 Å². The van der Waals surface area contributed by atoms with Gasteiger partial charge in [-0.25, -0.2) is 4.68 Å². The van der Waals surface area contributed by atoms with E-state index in [-0.39, 0.29) is 35.5 Å². The number of aromatic nitrogens is 3. The summed E-state index contributed by atoms with van der Waals surface area (Å²) in [7, 11) is 0. The Morgan fingerprint density at radius 3 is 2.77 bits per heavy atom. The van der Waals surface area contributed by atoms with Gasteiger partial charge in [-0.15, -0.1) is 11.7 Å². The lowest BCUT2D eigenvalue weighted by Gasteiger charge is -2.61. The number of ketones is 1. The summed E-state index contributed by atoms with van der Waals surface area (Å²) in [5, 5.41) is 19.1. The summed E-state index contributed by atoms with van der Waals surface area (Å²) in [6.07, 6.45) is 7.43. The topological polar surface area (TPSA) is 94.3 Å². The summed E-state index contributed by atoms with van der Waals surface area (Å²) >= 11 is 0. The standard InChI is InChI=1S/C24H35N3O4/c1-6-22(4)13-18(31-19(29)14-27-12-11-25-26-27)23(5)15(2)7-9-24(16(3)21(22)30)10-8-17(28)20(23)24/h6,11-12,15-16,18,20-21,30H,1,7-10,13-14H2,2-5H3/t15-,16+,18-,20+,21+,22-,23+,24+/m1/s1. The molecule has 0 unspecified atom stereocenters. The van der Waals surface area contributed by atoms with Crippen molar-refractivity contribution in [2.75, 3.05) is 0 Å². The third-order valence-electron chi connectivity index (χ3n) is 9.34. The van der Waals surface area contributed by atoms with Crippen molar-refractivity contribution in [2.24, 2.45) is 34.0 Å². The molecule has 0 spiro atoms. The average molecular weight is 430 g/mol. The lowest BCUT2D eigenvalue weighted by atomic mass is 9.44. The first-order valence-electron chi connectivity index (χ1n) is 11.5. The molecule has 3 aliphatic carbocycles. The van der Waals surface area contributed by atoms with Gasteiger partial charge in [-0.2, -0.15) is 0 Å². The molecule has 170 valence electrons. The molecule has 0 amide bonds. The number of aliphatic hydroxyl groups is 1. The first-order chi connectivity index (χ1) is 14.6. The van der Waals surface area contributed by atoms with Crippen LogP contribution < -0.4 is 0 Å². The van der Waals surface area contributed by atoms with Crippen LogP contribution in [0.25, 0.3) is 0 Å². The van der Waals surface area contributed by atoms with Gasteiger partial charge in [0.2, 0.25) is 0 Å². The van der Waals surface area contributed by atoms with Crippen LogP contribution in [0.3, 0.4) is 0 Å². The van der Waals surface area contributed by atoms with Crippen molar-refractivity contribution in [1.29, 1.82) is 0 Å². The number of ether oxygens (including phenoxy) is 1. The van der Waals surface area contributed by atoms with Gasteiger partial charge in [-0.05, 0) is 42.9 Å². The van der Waals surface area contributed by atoms with Gasteiger partial charge in [0, 0.05) is 29.4 Å². The van der Waals surface area contributed by atoms with Crippen LogP contribution in [0.4, 0.5) is 0 Å². The predicted octanol–water partition coefficient (Wildman–Crippen LogP) is 3.18. The van der Waals surface area contributed by atoms with Crippen LogP contribution in [0.5, 0.6) is 0 Å². The quantitative estimate of drug-likeness (QED) is 0.584. The molecule has 3 saturated carbocycles. The maximum Gasteiger partial charge on any atom is 0.328 e. The second-order valence-corrected chi connectivity index (χ2v) is 10.7. The molecule has 1 aromatic heterocycles. The molecule has 0 aliphatic heterocycles. The Hall–Kier alpha value is -2.02. The smallest absolute Gasteiger partial charge is 0.328 e. The molecule has 8 atom stereocenters. The van der Waals surface area contributed by atoms with Crippen molar-refractivity contribution in [3.05, 3.63) is 25.0 Å². The molecular formula is C24H35N3O4. The highest BCUT2D eigenvalue weighted by atomic mass is 16.5. The molecule has 7 heteroatoms. The van der Waals surface area contributed by atoms with Crippen LogP contribution in [0.2, 0.25) is 0 Å². The SMILES string of the molecule is C=C[C@]1(C)C[C@@H](OC(=O)Cn2ccnn2)[C@]2(C)[C@H](C)CC[C@]3(CCC(=O)[C@H]32)[C@@H](C)[C@@H]1O. The van der Waals surface area contributed by atoms with E-state index in [1.54, 1.807) is 6.20 Å². The van der Waals surface area contributed by atoms with Gasteiger partial charge in [0.15, 0.2) is 0 Å². The lowest BCUT2D eigenvalue weighted by molar-refractivity contribution is -0.207. The molecule has 3 fully saturated rings. The van der Waals surface area contributed by atoms with Gasteiger partial charge in [-0.3, -0.25) is 9.59 Å². The second kappa shape index (κ2) is 7.54. The van der Waals surface area contributed by atoms with E-state index in [2.05, 4.69) is 37.7 Å². The molecule has 1 N–H and O–H groups in total. The van der Waals surface area contributed by atoms with Crippen LogP contribution in [-0.2, 0) is 20.9 Å². The largest absolute Gasteiger partial charge is 0.460 e. The number of rotatable bonds is 4. The minimum Gasteiger partial charge on any atom is -0.460 e. The lowest BCUT2D eigenvalue weighted by Crippen LogP contribution is -2.63. The molecule has 31 heavy (non-hydrogen) atoms. The number of carbonyl (C=O) groups excluding carboxylic acids is 2. The summed E-state index contributed by atoms with van der Waals surface area (Å²) in [5.41, 5.74) is -1.39. The first kappa shape index (κ1) is 22.2. The molecule has 3 aliphatic rings. The molecule has 1 aromatic rings. The van der Waals surface area contributed by atoms with Crippen molar-refractivity contribution in [2.45, 2.75) is 78.6 Å². The van der Waals surface area contributed by atoms with Gasteiger partial charge >= 0.3 is 5.97 Å². The zero-order chi connectivity index (χ0) is 22.6. The van der Waals surface area contributed by atoms with Crippen molar-refractivity contribution < 1.29 is 19.4 Å². The van der Waals surface area contributed by atoms with E-state index in [0.29, 0.717) is 12.8 Å². The highest BCUT2D eigenvalue weighted by Crippen LogP contribution is 2.67. The summed E-state index contributed by atoms with van der Waals surface area (Å²) in [5.74, 6) is -0.182. The number of esters is 1. The highest BCUT2D eigenvalue weighted by Gasteiger charge is 2.68. The van der Waals surface area contributed by atoms with Crippen LogP contribution in [0.15, 0.2) is 25.0 Å². The van der Waals surface area contributed by atoms with Crippen LogP contribution in [0, 0.1) is 34.0 Å². The van der Waals surface area contributed by atoms with Crippen LogP contribution in [0.1, 0.15) is 59.8 Å². The van der Waals surface area contributed by atoms with Gasteiger partial charge in [0.1, 0.15) is 18.4 Å². The van der Waals surface area contributed by atoms with E-state index in [0.717, 1.165) is 19.3 Å². The Morgan fingerprint density at radius 2 is 2.13 bits per heavy atom. The highest BCUT2D eigenvalue weighted by molar-refractivity contribution is 5.85. The van der Waals surface area contributed by atoms with Crippen LogP contribution >= 0.6 is 0 Å². The Bertz CT molecular complexity index is 870. The fraction of sp³-hybridized carbons (Fsp3) is 0.750. The number of carbonyl (C=O) groups is 2. The third-order valence-corrected chi connectivity index (χ3v) is 9.34. The van der Waals surface area contributed by atoms with Crippen molar-refractivity contribution >= 4 is 11.8 Å². The van der Waals surface area contributed by atoms with E-state index in [4.69, 9.17) is 4.74 Å². The van der Waals surface area contributed by atoms with E-state index < -0.39 is 29.0 Å². The van der Waals surface area contributed by atoms with Crippen molar-refractivity contribution in [1.82, 2.24) is 15.0 Å². The van der Waals surface area contributed by atoms with E-state index >= 15 is 0 Å². The van der Waals surface area contributed by atoms with E-state index in [1.165, 1.54) is 10.9 Å². The number of aliphatic hydroxyl groups excluding tert-OH is 1. The third kappa shape index (κ3) is 3.19. The number of Topliss-reactive ketones (excluding diaryl/α,β-unsaturated/α-hetero) is 1.